The van der Waals surface area contributed by atoms with E-state index in [1.807, 2.05) is 23.7 Å². The molecular weight excluding hydrogens is 485 g/mol. The number of carbonyl (C=O) groups is 1. The number of thioether (sulfide) groups is 1. The van der Waals surface area contributed by atoms with Crippen molar-refractivity contribution in [3.05, 3.63) is 30.3 Å². The third-order valence-electron chi connectivity index (χ3n) is 5.22. The standard InChI is InChI=1S/C20H31N5OS.HI/c1-17(26)25-14-12-24(13-15-25)11-10-22-19(21-2)23-16-20(8-9-20)27-18-6-4-3-5-7-18;/h3-7H,8-16H2,1-2H3,(H2,21,22,23);1H. The molecule has 0 radical (unpaired) electrons. The van der Waals surface area contributed by atoms with Crippen LogP contribution in [0.5, 0.6) is 0 Å². The summed E-state index contributed by atoms with van der Waals surface area (Å²) in [5, 5.41) is 6.92. The maximum atomic E-state index is 11.4. The Morgan fingerprint density at radius 1 is 1.14 bits per heavy atom. The molecule has 1 saturated carbocycles. The highest BCUT2D eigenvalue weighted by atomic mass is 127. The van der Waals surface area contributed by atoms with Crippen molar-refractivity contribution < 1.29 is 4.79 Å². The van der Waals surface area contributed by atoms with Gasteiger partial charge in [0, 0.05) is 69.4 Å². The van der Waals surface area contributed by atoms with E-state index in [2.05, 4.69) is 50.9 Å². The highest BCUT2D eigenvalue weighted by molar-refractivity contribution is 14.0. The molecule has 1 aromatic carbocycles. The van der Waals surface area contributed by atoms with Crippen LogP contribution in [-0.2, 0) is 4.79 Å². The number of rotatable bonds is 7. The van der Waals surface area contributed by atoms with E-state index in [1.165, 1.54) is 17.7 Å². The first-order chi connectivity index (χ1) is 13.1. The third-order valence-corrected chi connectivity index (χ3v) is 6.72. The molecule has 6 nitrogen and oxygen atoms in total. The molecule has 2 N–H and O–H groups in total. The molecule has 2 fully saturated rings. The monoisotopic (exact) mass is 517 g/mol. The lowest BCUT2D eigenvalue weighted by molar-refractivity contribution is -0.130. The largest absolute Gasteiger partial charge is 0.355 e. The molecule has 0 unspecified atom stereocenters. The van der Waals surface area contributed by atoms with Gasteiger partial charge in [-0.2, -0.15) is 0 Å². The van der Waals surface area contributed by atoms with Crippen LogP contribution in [0.1, 0.15) is 19.8 Å². The van der Waals surface area contributed by atoms with E-state index in [0.29, 0.717) is 4.75 Å². The zero-order valence-corrected chi connectivity index (χ0v) is 20.0. The Hall–Kier alpha value is -1.000. The third kappa shape index (κ3) is 7.11. The Labute approximate surface area is 189 Å². The molecule has 0 atom stereocenters. The van der Waals surface area contributed by atoms with Crippen molar-refractivity contribution in [1.29, 1.82) is 0 Å². The fourth-order valence-electron chi connectivity index (χ4n) is 3.28. The Balaban J connectivity index is 0.00000280. The SMILES string of the molecule is CN=C(NCCN1CCN(C(C)=O)CC1)NCC1(Sc2ccccc2)CC1.I. The summed E-state index contributed by atoms with van der Waals surface area (Å²) in [6.45, 7) is 7.98. The van der Waals surface area contributed by atoms with Gasteiger partial charge in [-0.3, -0.25) is 14.7 Å². The lowest BCUT2D eigenvalue weighted by atomic mass is 10.3. The molecule has 0 bridgehead atoms. The quantitative estimate of drug-likeness (QED) is 0.330. The van der Waals surface area contributed by atoms with Gasteiger partial charge in [-0.15, -0.1) is 35.7 Å². The number of nitrogens with zero attached hydrogens (tertiary/aromatic N) is 3. The number of guanidine groups is 1. The second-order valence-electron chi connectivity index (χ2n) is 7.30. The second-order valence-corrected chi connectivity index (χ2v) is 8.84. The van der Waals surface area contributed by atoms with Gasteiger partial charge in [-0.25, -0.2) is 0 Å². The highest BCUT2D eigenvalue weighted by Crippen LogP contribution is 2.51. The van der Waals surface area contributed by atoms with Crippen molar-refractivity contribution in [1.82, 2.24) is 20.4 Å². The topological polar surface area (TPSA) is 60.0 Å². The van der Waals surface area contributed by atoms with Crippen molar-refractivity contribution in [2.24, 2.45) is 4.99 Å². The maximum Gasteiger partial charge on any atom is 0.219 e. The van der Waals surface area contributed by atoms with E-state index in [9.17, 15) is 4.79 Å². The number of benzene rings is 1. The summed E-state index contributed by atoms with van der Waals surface area (Å²) >= 11 is 1.97. The number of amides is 1. The van der Waals surface area contributed by atoms with Gasteiger partial charge in [-0.1, -0.05) is 18.2 Å². The Morgan fingerprint density at radius 2 is 1.82 bits per heavy atom. The summed E-state index contributed by atoms with van der Waals surface area (Å²) in [6.07, 6.45) is 2.49. The van der Waals surface area contributed by atoms with Crippen molar-refractivity contribution >= 4 is 47.6 Å². The van der Waals surface area contributed by atoms with E-state index in [4.69, 9.17) is 0 Å². The van der Waals surface area contributed by atoms with Crippen LogP contribution in [0.25, 0.3) is 0 Å². The predicted molar refractivity (Wildman–Crippen MR) is 128 cm³/mol. The van der Waals surface area contributed by atoms with Crippen molar-refractivity contribution in [2.75, 3.05) is 52.9 Å². The number of hydrogen-bond donors (Lipinski definition) is 2. The molecule has 0 aromatic heterocycles. The molecule has 1 amide bonds. The van der Waals surface area contributed by atoms with Crippen LogP contribution in [0.15, 0.2) is 40.2 Å². The molecule has 0 spiro atoms. The van der Waals surface area contributed by atoms with E-state index in [0.717, 1.165) is 51.8 Å². The average molecular weight is 517 g/mol. The number of hydrogen-bond acceptors (Lipinski definition) is 4. The predicted octanol–water partition coefficient (Wildman–Crippen LogP) is 2.26. The number of halogens is 1. The first-order valence-corrected chi connectivity index (χ1v) is 10.6. The summed E-state index contributed by atoms with van der Waals surface area (Å²) in [6, 6.07) is 10.6. The summed E-state index contributed by atoms with van der Waals surface area (Å²) < 4.78 is 0.308. The van der Waals surface area contributed by atoms with E-state index in [-0.39, 0.29) is 29.9 Å². The van der Waals surface area contributed by atoms with Crippen LogP contribution < -0.4 is 10.6 Å². The minimum Gasteiger partial charge on any atom is -0.355 e. The minimum atomic E-state index is 0. The Kier molecular flexibility index (Phi) is 9.36. The van der Waals surface area contributed by atoms with Gasteiger partial charge < -0.3 is 15.5 Å². The maximum absolute atomic E-state index is 11.4. The van der Waals surface area contributed by atoms with Gasteiger partial charge in [0.05, 0.1) is 0 Å². The molecule has 1 heterocycles. The lowest BCUT2D eigenvalue weighted by Gasteiger charge is -2.34. The number of piperazine rings is 1. The first-order valence-electron chi connectivity index (χ1n) is 9.77. The molecule has 2 aliphatic rings. The van der Waals surface area contributed by atoms with Crippen molar-refractivity contribution in [3.8, 4) is 0 Å². The van der Waals surface area contributed by atoms with Crippen LogP contribution in [0, 0.1) is 0 Å². The molecule has 3 rings (SSSR count). The highest BCUT2D eigenvalue weighted by Gasteiger charge is 2.43. The van der Waals surface area contributed by atoms with E-state index >= 15 is 0 Å². The van der Waals surface area contributed by atoms with Crippen molar-refractivity contribution in [2.45, 2.75) is 29.4 Å². The van der Waals surface area contributed by atoms with E-state index < -0.39 is 0 Å². The Morgan fingerprint density at radius 3 is 2.39 bits per heavy atom. The van der Waals surface area contributed by atoms with Crippen molar-refractivity contribution in [3.63, 3.8) is 0 Å². The van der Waals surface area contributed by atoms with Gasteiger partial charge >= 0.3 is 0 Å². The Bertz CT molecular complexity index is 645. The van der Waals surface area contributed by atoms with Gasteiger partial charge in [0.1, 0.15) is 0 Å². The van der Waals surface area contributed by atoms with Gasteiger partial charge in [0.2, 0.25) is 5.91 Å². The van der Waals surface area contributed by atoms with E-state index in [1.54, 1.807) is 6.92 Å². The molecular formula is C20H32IN5OS. The molecule has 1 aliphatic heterocycles. The zero-order valence-electron chi connectivity index (χ0n) is 16.8. The van der Waals surface area contributed by atoms with Crippen LogP contribution in [-0.4, -0.2) is 79.3 Å². The zero-order chi connectivity index (χ0) is 19.1. The molecule has 1 aliphatic carbocycles. The van der Waals surface area contributed by atoms with Crippen LogP contribution >= 0.6 is 35.7 Å². The number of nitrogens with one attached hydrogen (secondary N) is 2. The summed E-state index contributed by atoms with van der Waals surface area (Å²) in [5.41, 5.74) is 0. The number of aliphatic imine (C=N–C) groups is 1. The molecule has 156 valence electrons. The van der Waals surface area contributed by atoms with Gasteiger partial charge in [-0.05, 0) is 25.0 Å². The fourth-order valence-corrected chi connectivity index (χ4v) is 4.52. The van der Waals surface area contributed by atoms with Crippen LogP contribution in [0.4, 0.5) is 0 Å². The lowest BCUT2D eigenvalue weighted by Crippen LogP contribution is -2.50. The first kappa shape index (κ1) is 23.3. The number of carbonyl (C=O) groups excluding carboxylic acids is 1. The van der Waals surface area contributed by atoms with Crippen LogP contribution in [0.3, 0.4) is 0 Å². The minimum absolute atomic E-state index is 0. The van der Waals surface area contributed by atoms with Gasteiger partial charge in [0.15, 0.2) is 5.96 Å². The normalized spacial score (nSPS) is 18.9. The average Bonchev–Trinajstić information content (AvgIpc) is 3.45. The van der Waals surface area contributed by atoms with Gasteiger partial charge in [0.25, 0.3) is 0 Å². The molecule has 28 heavy (non-hydrogen) atoms. The molecule has 1 saturated heterocycles. The summed E-state index contributed by atoms with van der Waals surface area (Å²) in [4.78, 5) is 21.4. The summed E-state index contributed by atoms with van der Waals surface area (Å²) in [7, 11) is 1.82. The molecule has 8 heteroatoms. The smallest absolute Gasteiger partial charge is 0.219 e. The van der Waals surface area contributed by atoms with Crippen LogP contribution in [0.2, 0.25) is 0 Å². The molecule has 1 aromatic rings. The fraction of sp³-hybridized carbons (Fsp3) is 0.600. The summed E-state index contributed by atoms with van der Waals surface area (Å²) in [5.74, 6) is 1.05. The second kappa shape index (κ2) is 11.3.